The summed E-state index contributed by atoms with van der Waals surface area (Å²) in [6, 6.07) is 0. The number of carbonyl (C=O) groups is 1. The van der Waals surface area contributed by atoms with Gasteiger partial charge in [0.15, 0.2) is 0 Å². The number of nitrogens with one attached hydrogen (secondary N) is 1. The zero-order valence-corrected chi connectivity index (χ0v) is 7.44. The molecule has 2 heteroatoms. The van der Waals surface area contributed by atoms with Crippen molar-refractivity contribution in [3.05, 3.63) is 0 Å². The van der Waals surface area contributed by atoms with Gasteiger partial charge in [-0.25, -0.2) is 0 Å². The predicted molar refractivity (Wildman–Crippen MR) is 45.5 cm³/mol. The summed E-state index contributed by atoms with van der Waals surface area (Å²) < 4.78 is 0. The van der Waals surface area contributed by atoms with Gasteiger partial charge in [0.2, 0.25) is 0 Å². The molecule has 0 spiro atoms. The average molecular weight is 155 g/mol. The van der Waals surface area contributed by atoms with Crippen LogP contribution in [0.15, 0.2) is 0 Å². The van der Waals surface area contributed by atoms with Gasteiger partial charge in [0.1, 0.15) is 5.78 Å². The minimum Gasteiger partial charge on any atom is -0.320 e. The van der Waals surface area contributed by atoms with Crippen LogP contribution >= 0.6 is 0 Å². The van der Waals surface area contributed by atoms with Crippen molar-refractivity contribution >= 4 is 5.78 Å². The summed E-state index contributed by atoms with van der Waals surface area (Å²) >= 11 is 0. The van der Waals surface area contributed by atoms with E-state index >= 15 is 0 Å². The highest BCUT2D eigenvalue weighted by Crippen LogP contribution is 2.46. The summed E-state index contributed by atoms with van der Waals surface area (Å²) in [5, 5.41) is 3.04. The highest BCUT2D eigenvalue weighted by atomic mass is 16.1. The van der Waals surface area contributed by atoms with Crippen LogP contribution in [0.3, 0.4) is 0 Å². The third kappa shape index (κ3) is 2.29. The van der Waals surface area contributed by atoms with E-state index in [2.05, 4.69) is 12.2 Å². The standard InChI is InChI=1S/C9H17NO/c1-9(5-6-9)8(11)4-3-7-10-2/h10H,3-7H2,1-2H3. The quantitative estimate of drug-likeness (QED) is 0.607. The van der Waals surface area contributed by atoms with Gasteiger partial charge in [0, 0.05) is 11.8 Å². The Balaban J connectivity index is 2.12. The monoisotopic (exact) mass is 155 g/mol. The van der Waals surface area contributed by atoms with Gasteiger partial charge in [0.05, 0.1) is 0 Å². The van der Waals surface area contributed by atoms with Gasteiger partial charge in [-0.15, -0.1) is 0 Å². The first-order valence-electron chi connectivity index (χ1n) is 4.37. The van der Waals surface area contributed by atoms with E-state index in [9.17, 15) is 4.79 Å². The van der Waals surface area contributed by atoms with Crippen molar-refractivity contribution < 1.29 is 4.79 Å². The van der Waals surface area contributed by atoms with E-state index in [1.54, 1.807) is 0 Å². The van der Waals surface area contributed by atoms with Gasteiger partial charge >= 0.3 is 0 Å². The Labute approximate surface area is 68.4 Å². The van der Waals surface area contributed by atoms with Crippen LogP contribution in [0.4, 0.5) is 0 Å². The average Bonchev–Trinajstić information content (AvgIpc) is 2.70. The van der Waals surface area contributed by atoms with Crippen molar-refractivity contribution in [2.24, 2.45) is 5.41 Å². The van der Waals surface area contributed by atoms with Gasteiger partial charge in [0.25, 0.3) is 0 Å². The lowest BCUT2D eigenvalue weighted by atomic mass is 10.00. The van der Waals surface area contributed by atoms with Crippen LogP contribution in [0, 0.1) is 5.41 Å². The number of ketones is 1. The minimum absolute atomic E-state index is 0.0910. The summed E-state index contributed by atoms with van der Waals surface area (Å²) in [7, 11) is 1.92. The van der Waals surface area contributed by atoms with Crippen LogP contribution in [0.5, 0.6) is 0 Å². The fourth-order valence-electron chi connectivity index (χ4n) is 1.19. The number of hydrogen-bond donors (Lipinski definition) is 1. The van der Waals surface area contributed by atoms with Crippen LogP contribution < -0.4 is 5.32 Å². The third-order valence-corrected chi connectivity index (χ3v) is 2.50. The molecule has 0 aromatic carbocycles. The Kier molecular flexibility index (Phi) is 2.66. The Morgan fingerprint density at radius 1 is 1.55 bits per heavy atom. The Morgan fingerprint density at radius 2 is 2.18 bits per heavy atom. The number of carbonyl (C=O) groups excluding carboxylic acids is 1. The summed E-state index contributed by atoms with van der Waals surface area (Å²) in [4.78, 5) is 11.4. The fourth-order valence-corrected chi connectivity index (χ4v) is 1.19. The van der Waals surface area contributed by atoms with E-state index in [0.29, 0.717) is 5.78 Å². The molecule has 1 N–H and O–H groups in total. The summed E-state index contributed by atoms with van der Waals surface area (Å²) in [5.74, 6) is 0.466. The highest BCUT2D eigenvalue weighted by Gasteiger charge is 2.43. The van der Waals surface area contributed by atoms with E-state index in [4.69, 9.17) is 0 Å². The second-order valence-electron chi connectivity index (χ2n) is 3.69. The zero-order chi connectivity index (χ0) is 8.32. The zero-order valence-electron chi connectivity index (χ0n) is 7.44. The first kappa shape index (κ1) is 8.72. The van der Waals surface area contributed by atoms with E-state index in [1.807, 2.05) is 7.05 Å². The highest BCUT2D eigenvalue weighted by molar-refractivity contribution is 5.86. The third-order valence-electron chi connectivity index (χ3n) is 2.50. The van der Waals surface area contributed by atoms with E-state index in [-0.39, 0.29) is 5.41 Å². The Morgan fingerprint density at radius 3 is 2.64 bits per heavy atom. The molecule has 0 heterocycles. The van der Waals surface area contributed by atoms with Gasteiger partial charge in [-0.3, -0.25) is 4.79 Å². The molecule has 0 saturated heterocycles. The summed E-state index contributed by atoms with van der Waals surface area (Å²) in [6.07, 6.45) is 3.99. The molecular formula is C9H17NO. The van der Waals surface area contributed by atoms with Crippen molar-refractivity contribution in [3.63, 3.8) is 0 Å². The van der Waals surface area contributed by atoms with Crippen LogP contribution in [0.2, 0.25) is 0 Å². The normalized spacial score (nSPS) is 19.8. The van der Waals surface area contributed by atoms with E-state index in [0.717, 1.165) is 32.2 Å². The Bertz CT molecular complexity index is 150. The molecule has 0 aromatic heterocycles. The molecule has 2 nitrogen and oxygen atoms in total. The van der Waals surface area contributed by atoms with Gasteiger partial charge in [-0.2, -0.15) is 0 Å². The van der Waals surface area contributed by atoms with E-state index in [1.165, 1.54) is 0 Å². The maximum atomic E-state index is 11.4. The van der Waals surface area contributed by atoms with Crippen LogP contribution in [0.25, 0.3) is 0 Å². The topological polar surface area (TPSA) is 29.1 Å². The molecule has 1 saturated carbocycles. The maximum absolute atomic E-state index is 11.4. The lowest BCUT2D eigenvalue weighted by Crippen LogP contribution is -2.15. The number of rotatable bonds is 5. The molecule has 1 fully saturated rings. The molecule has 1 rings (SSSR count). The predicted octanol–water partition coefficient (Wildman–Crippen LogP) is 1.36. The Hall–Kier alpha value is -0.370. The van der Waals surface area contributed by atoms with Crippen molar-refractivity contribution in [1.29, 1.82) is 0 Å². The van der Waals surface area contributed by atoms with Crippen molar-refractivity contribution in [3.8, 4) is 0 Å². The molecule has 1 aliphatic carbocycles. The van der Waals surface area contributed by atoms with Crippen LogP contribution in [0.1, 0.15) is 32.6 Å². The molecule has 0 bridgehead atoms. The lowest BCUT2D eigenvalue weighted by Gasteiger charge is -2.05. The van der Waals surface area contributed by atoms with Crippen molar-refractivity contribution in [2.45, 2.75) is 32.6 Å². The lowest BCUT2D eigenvalue weighted by molar-refractivity contribution is -0.123. The molecule has 0 aromatic rings. The minimum atomic E-state index is 0.0910. The molecule has 0 amide bonds. The van der Waals surface area contributed by atoms with E-state index < -0.39 is 0 Å². The molecule has 0 aliphatic heterocycles. The van der Waals surface area contributed by atoms with Gasteiger partial charge in [-0.05, 0) is 32.9 Å². The largest absolute Gasteiger partial charge is 0.320 e. The second-order valence-corrected chi connectivity index (χ2v) is 3.69. The van der Waals surface area contributed by atoms with Gasteiger partial charge < -0.3 is 5.32 Å². The van der Waals surface area contributed by atoms with Crippen molar-refractivity contribution in [1.82, 2.24) is 5.32 Å². The number of hydrogen-bond acceptors (Lipinski definition) is 2. The molecule has 1 aliphatic rings. The molecule has 64 valence electrons. The van der Waals surface area contributed by atoms with Gasteiger partial charge in [-0.1, -0.05) is 6.92 Å². The molecule has 0 atom stereocenters. The maximum Gasteiger partial charge on any atom is 0.138 e. The first-order valence-corrected chi connectivity index (χ1v) is 4.37. The van der Waals surface area contributed by atoms with Crippen LogP contribution in [-0.4, -0.2) is 19.4 Å². The molecule has 11 heavy (non-hydrogen) atoms. The smallest absolute Gasteiger partial charge is 0.138 e. The summed E-state index contributed by atoms with van der Waals surface area (Å²) in [5.41, 5.74) is 0.0910. The molecular weight excluding hydrogens is 138 g/mol. The number of Topliss-reactive ketones (excluding diaryl/α,β-unsaturated/α-hetero) is 1. The van der Waals surface area contributed by atoms with Crippen LogP contribution in [-0.2, 0) is 4.79 Å². The second kappa shape index (κ2) is 3.35. The molecule has 0 unspecified atom stereocenters. The fraction of sp³-hybridized carbons (Fsp3) is 0.889. The first-order chi connectivity index (χ1) is 5.19. The van der Waals surface area contributed by atoms with Crippen molar-refractivity contribution in [2.75, 3.05) is 13.6 Å². The summed E-state index contributed by atoms with van der Waals surface area (Å²) in [6.45, 7) is 3.04. The molecule has 0 radical (unpaired) electrons. The SMILES string of the molecule is CNCCCC(=O)C1(C)CC1.